The third-order valence-electron chi connectivity index (χ3n) is 3.15. The topological polar surface area (TPSA) is 83.7 Å². The van der Waals surface area contributed by atoms with Crippen LogP contribution in [-0.4, -0.2) is 40.0 Å². The molecule has 6 nitrogen and oxygen atoms in total. The molecule has 1 aliphatic heterocycles. The number of aliphatic hydroxyl groups is 1. The molecule has 1 aliphatic rings. The average molecular weight is 285 g/mol. The maximum Gasteiger partial charge on any atom is 0.270 e. The van der Waals surface area contributed by atoms with Gasteiger partial charge in [-0.15, -0.1) is 0 Å². The van der Waals surface area contributed by atoms with E-state index in [0.29, 0.717) is 25.9 Å². The molecule has 0 aliphatic carbocycles. The van der Waals surface area contributed by atoms with E-state index in [1.807, 2.05) is 0 Å². The lowest BCUT2D eigenvalue weighted by atomic mass is 10.1. The number of piperidine rings is 1. The van der Waals surface area contributed by atoms with Crippen LogP contribution in [0.25, 0.3) is 0 Å². The molecular weight excluding hydrogens is 272 g/mol. The molecule has 0 aromatic heterocycles. The SMILES string of the molecule is O=C(c1ccc([N+](=O)[O-])cc1Cl)N1CCC(O)CC1. The van der Waals surface area contributed by atoms with Gasteiger partial charge in [0.15, 0.2) is 0 Å². The number of amides is 1. The zero-order valence-corrected chi connectivity index (χ0v) is 10.8. The molecule has 0 spiro atoms. The van der Waals surface area contributed by atoms with Gasteiger partial charge in [-0.1, -0.05) is 11.6 Å². The Morgan fingerprint density at radius 2 is 2.05 bits per heavy atom. The van der Waals surface area contributed by atoms with Gasteiger partial charge in [0.1, 0.15) is 0 Å². The Balaban J connectivity index is 2.17. The minimum Gasteiger partial charge on any atom is -0.393 e. The second-order valence-electron chi connectivity index (χ2n) is 4.44. The summed E-state index contributed by atoms with van der Waals surface area (Å²) < 4.78 is 0. The summed E-state index contributed by atoms with van der Waals surface area (Å²) in [6.07, 6.45) is 0.712. The van der Waals surface area contributed by atoms with Gasteiger partial charge in [-0.2, -0.15) is 0 Å². The van der Waals surface area contributed by atoms with Crippen LogP contribution in [0.15, 0.2) is 18.2 Å². The van der Waals surface area contributed by atoms with E-state index in [2.05, 4.69) is 0 Å². The standard InChI is InChI=1S/C12H13ClN2O4/c13-11-7-8(15(18)19)1-2-10(11)12(17)14-5-3-9(16)4-6-14/h1-2,7,9,16H,3-6H2. The van der Waals surface area contributed by atoms with Crippen molar-refractivity contribution in [2.75, 3.05) is 13.1 Å². The molecule has 0 saturated carbocycles. The number of hydrogen-bond acceptors (Lipinski definition) is 4. The summed E-state index contributed by atoms with van der Waals surface area (Å²) in [5, 5.41) is 20.1. The van der Waals surface area contributed by atoms with Crippen LogP contribution in [0.4, 0.5) is 5.69 Å². The van der Waals surface area contributed by atoms with Gasteiger partial charge in [-0.05, 0) is 18.9 Å². The number of rotatable bonds is 2. The molecule has 0 unspecified atom stereocenters. The van der Waals surface area contributed by atoms with Crippen LogP contribution in [0.1, 0.15) is 23.2 Å². The Morgan fingerprint density at radius 1 is 1.42 bits per heavy atom. The number of benzene rings is 1. The molecule has 102 valence electrons. The van der Waals surface area contributed by atoms with E-state index in [1.165, 1.54) is 18.2 Å². The van der Waals surface area contributed by atoms with Crippen molar-refractivity contribution in [3.05, 3.63) is 38.9 Å². The van der Waals surface area contributed by atoms with E-state index in [-0.39, 0.29) is 28.3 Å². The van der Waals surface area contributed by atoms with Gasteiger partial charge in [0, 0.05) is 25.2 Å². The van der Waals surface area contributed by atoms with Gasteiger partial charge in [0.2, 0.25) is 0 Å². The second-order valence-corrected chi connectivity index (χ2v) is 4.85. The molecule has 19 heavy (non-hydrogen) atoms. The third-order valence-corrected chi connectivity index (χ3v) is 3.46. The van der Waals surface area contributed by atoms with Crippen LogP contribution in [0, 0.1) is 10.1 Å². The third kappa shape index (κ3) is 3.02. The lowest BCUT2D eigenvalue weighted by molar-refractivity contribution is -0.384. The van der Waals surface area contributed by atoms with Gasteiger partial charge in [-0.25, -0.2) is 0 Å². The fraction of sp³-hybridized carbons (Fsp3) is 0.417. The highest BCUT2D eigenvalue weighted by Gasteiger charge is 2.24. The number of carbonyl (C=O) groups is 1. The van der Waals surface area contributed by atoms with Gasteiger partial charge < -0.3 is 10.0 Å². The highest BCUT2D eigenvalue weighted by Crippen LogP contribution is 2.24. The number of nitrogens with zero attached hydrogens (tertiary/aromatic N) is 2. The summed E-state index contributed by atoms with van der Waals surface area (Å²) in [7, 11) is 0. The summed E-state index contributed by atoms with van der Waals surface area (Å²) in [4.78, 5) is 23.8. The Labute approximate surface area is 114 Å². The molecule has 1 heterocycles. The number of nitro groups is 1. The van der Waals surface area contributed by atoms with Crippen molar-refractivity contribution >= 4 is 23.2 Å². The van der Waals surface area contributed by atoms with Crippen molar-refractivity contribution in [2.24, 2.45) is 0 Å². The summed E-state index contributed by atoms with van der Waals surface area (Å²) in [5.41, 5.74) is 0.110. The smallest absolute Gasteiger partial charge is 0.270 e. The second kappa shape index (κ2) is 5.54. The Hall–Kier alpha value is -1.66. The van der Waals surface area contributed by atoms with Gasteiger partial charge in [-0.3, -0.25) is 14.9 Å². The van der Waals surface area contributed by atoms with Crippen LogP contribution in [0.3, 0.4) is 0 Å². The minimum atomic E-state index is -0.558. The molecule has 2 rings (SSSR count). The van der Waals surface area contributed by atoms with Gasteiger partial charge >= 0.3 is 0 Å². The molecule has 1 amide bonds. The molecule has 1 fully saturated rings. The predicted octanol–water partition coefficient (Wildman–Crippen LogP) is 1.85. The first kappa shape index (κ1) is 13.8. The molecule has 0 bridgehead atoms. The number of likely N-dealkylation sites (tertiary alicyclic amines) is 1. The molecular formula is C12H13ClN2O4. The van der Waals surface area contributed by atoms with Crippen molar-refractivity contribution in [3.8, 4) is 0 Å². The normalized spacial score (nSPS) is 16.4. The number of hydrogen-bond donors (Lipinski definition) is 1. The summed E-state index contributed by atoms with van der Waals surface area (Å²) in [6.45, 7) is 0.931. The van der Waals surface area contributed by atoms with E-state index < -0.39 is 4.92 Å². The fourth-order valence-corrected chi connectivity index (χ4v) is 2.29. The van der Waals surface area contributed by atoms with Crippen LogP contribution < -0.4 is 0 Å². The van der Waals surface area contributed by atoms with Crippen LogP contribution in [-0.2, 0) is 0 Å². The van der Waals surface area contributed by atoms with Crippen LogP contribution in [0.5, 0.6) is 0 Å². The van der Waals surface area contributed by atoms with Gasteiger partial charge in [0.05, 0.1) is 21.6 Å². The Morgan fingerprint density at radius 3 is 2.58 bits per heavy atom. The van der Waals surface area contributed by atoms with Crippen molar-refractivity contribution in [3.63, 3.8) is 0 Å². The quantitative estimate of drug-likeness (QED) is 0.663. The molecule has 1 aromatic rings. The van der Waals surface area contributed by atoms with E-state index >= 15 is 0 Å². The number of nitro benzene ring substituents is 1. The van der Waals surface area contributed by atoms with Crippen molar-refractivity contribution in [1.82, 2.24) is 4.90 Å². The highest BCUT2D eigenvalue weighted by atomic mass is 35.5. The molecule has 0 atom stereocenters. The number of aliphatic hydroxyl groups excluding tert-OH is 1. The lowest BCUT2D eigenvalue weighted by Gasteiger charge is -2.29. The maximum absolute atomic E-state index is 12.2. The molecule has 1 aromatic carbocycles. The minimum absolute atomic E-state index is 0.0744. The maximum atomic E-state index is 12.2. The summed E-state index contributed by atoms with van der Waals surface area (Å²) in [5.74, 6) is -0.258. The zero-order valence-electron chi connectivity index (χ0n) is 10.1. The number of carbonyl (C=O) groups excluding carboxylic acids is 1. The first-order chi connectivity index (χ1) is 8.99. The van der Waals surface area contributed by atoms with Crippen LogP contribution >= 0.6 is 11.6 Å². The monoisotopic (exact) mass is 284 g/mol. The first-order valence-electron chi connectivity index (χ1n) is 5.90. The Bertz CT molecular complexity index is 512. The zero-order chi connectivity index (χ0) is 14.0. The van der Waals surface area contributed by atoms with Crippen molar-refractivity contribution in [2.45, 2.75) is 18.9 Å². The predicted molar refractivity (Wildman–Crippen MR) is 69.3 cm³/mol. The number of halogens is 1. The first-order valence-corrected chi connectivity index (χ1v) is 6.28. The Kier molecular flexibility index (Phi) is 4.01. The largest absolute Gasteiger partial charge is 0.393 e. The van der Waals surface area contributed by atoms with Gasteiger partial charge in [0.25, 0.3) is 11.6 Å². The molecule has 1 N–H and O–H groups in total. The van der Waals surface area contributed by atoms with Crippen LogP contribution in [0.2, 0.25) is 5.02 Å². The van der Waals surface area contributed by atoms with Crippen molar-refractivity contribution in [1.29, 1.82) is 0 Å². The summed E-state index contributed by atoms with van der Waals surface area (Å²) in [6, 6.07) is 3.80. The van der Waals surface area contributed by atoms with E-state index in [0.717, 1.165) is 0 Å². The molecule has 1 saturated heterocycles. The average Bonchev–Trinajstić information content (AvgIpc) is 2.38. The fourth-order valence-electron chi connectivity index (χ4n) is 2.03. The van der Waals surface area contributed by atoms with E-state index in [4.69, 9.17) is 11.6 Å². The lowest BCUT2D eigenvalue weighted by Crippen LogP contribution is -2.40. The highest BCUT2D eigenvalue weighted by molar-refractivity contribution is 6.34. The van der Waals surface area contributed by atoms with E-state index in [9.17, 15) is 20.0 Å². The molecule has 0 radical (unpaired) electrons. The molecule has 7 heteroatoms. The van der Waals surface area contributed by atoms with E-state index in [1.54, 1.807) is 4.90 Å². The summed E-state index contributed by atoms with van der Waals surface area (Å²) >= 11 is 5.91. The number of non-ortho nitro benzene ring substituents is 1. The van der Waals surface area contributed by atoms with Crippen molar-refractivity contribution < 1.29 is 14.8 Å².